The zero-order valence-electron chi connectivity index (χ0n) is 11.0. The number of hydrogen-bond acceptors (Lipinski definition) is 4. The van der Waals surface area contributed by atoms with E-state index in [9.17, 15) is 0 Å². The molecule has 1 N–H and O–H groups in total. The first-order valence-corrected chi connectivity index (χ1v) is 5.64. The Labute approximate surface area is 102 Å². The summed E-state index contributed by atoms with van der Waals surface area (Å²) in [6.45, 7) is 4.36. The van der Waals surface area contributed by atoms with Gasteiger partial charge in [0.25, 0.3) is 0 Å². The lowest BCUT2D eigenvalue weighted by atomic mass is 10.2. The van der Waals surface area contributed by atoms with Crippen LogP contribution in [0.3, 0.4) is 0 Å². The summed E-state index contributed by atoms with van der Waals surface area (Å²) in [5.74, 6) is 0.788. The predicted molar refractivity (Wildman–Crippen MR) is 68.3 cm³/mol. The van der Waals surface area contributed by atoms with Gasteiger partial charge in [0.15, 0.2) is 0 Å². The summed E-state index contributed by atoms with van der Waals surface area (Å²) in [4.78, 5) is 0. The Morgan fingerprint density at radius 1 is 1.41 bits per heavy atom. The Morgan fingerprint density at radius 2 is 2.18 bits per heavy atom. The van der Waals surface area contributed by atoms with Gasteiger partial charge in [0.05, 0.1) is 25.0 Å². The van der Waals surface area contributed by atoms with Crippen LogP contribution >= 0.6 is 0 Å². The third-order valence-electron chi connectivity index (χ3n) is 2.44. The Morgan fingerprint density at radius 3 is 2.82 bits per heavy atom. The lowest BCUT2D eigenvalue weighted by molar-refractivity contribution is 0.200. The van der Waals surface area contributed by atoms with E-state index in [0.717, 1.165) is 36.8 Å². The van der Waals surface area contributed by atoms with Gasteiger partial charge in [-0.3, -0.25) is 0 Å². The molecule has 0 aliphatic heterocycles. The molecule has 1 heterocycles. The lowest BCUT2D eigenvalue weighted by Gasteiger charge is -2.01. The molecule has 0 atom stereocenters. The quantitative estimate of drug-likeness (QED) is 0.721. The molecular weight excluding hydrogens is 218 g/mol. The van der Waals surface area contributed by atoms with Gasteiger partial charge in [-0.1, -0.05) is 12.2 Å². The molecule has 1 aromatic rings. The molecule has 0 spiro atoms. The second-order valence-corrected chi connectivity index (χ2v) is 3.73. The molecule has 0 fully saturated rings. The minimum atomic E-state index is 0.725. The van der Waals surface area contributed by atoms with Crippen LogP contribution in [-0.4, -0.2) is 43.7 Å². The molecule has 0 aromatic carbocycles. The van der Waals surface area contributed by atoms with Gasteiger partial charge in [-0.25, -0.2) is 4.68 Å². The maximum Gasteiger partial charge on any atom is 0.218 e. The van der Waals surface area contributed by atoms with Crippen LogP contribution in [0.25, 0.3) is 6.08 Å². The SMILES string of the molecule is COCCNC/C=C/c1c(C)nn(C)c1OC. The van der Waals surface area contributed by atoms with Crippen molar-refractivity contribution >= 4 is 6.08 Å². The van der Waals surface area contributed by atoms with Crippen molar-refractivity contribution in [2.24, 2.45) is 7.05 Å². The molecule has 0 unspecified atom stereocenters. The highest BCUT2D eigenvalue weighted by Crippen LogP contribution is 2.21. The zero-order chi connectivity index (χ0) is 12.7. The van der Waals surface area contributed by atoms with E-state index in [2.05, 4.69) is 16.5 Å². The minimum absolute atomic E-state index is 0.725. The smallest absolute Gasteiger partial charge is 0.218 e. The summed E-state index contributed by atoms with van der Waals surface area (Å²) in [6, 6.07) is 0. The minimum Gasteiger partial charge on any atom is -0.481 e. The number of hydrogen-bond donors (Lipinski definition) is 1. The van der Waals surface area contributed by atoms with Crippen LogP contribution in [-0.2, 0) is 11.8 Å². The van der Waals surface area contributed by atoms with E-state index in [-0.39, 0.29) is 0 Å². The fourth-order valence-corrected chi connectivity index (χ4v) is 1.62. The number of nitrogens with one attached hydrogen (secondary N) is 1. The topological polar surface area (TPSA) is 48.3 Å². The maximum atomic E-state index is 5.30. The van der Waals surface area contributed by atoms with Gasteiger partial charge in [0, 0.05) is 27.2 Å². The zero-order valence-corrected chi connectivity index (χ0v) is 11.0. The molecule has 5 nitrogen and oxygen atoms in total. The Kier molecular flexibility index (Phi) is 5.72. The van der Waals surface area contributed by atoms with E-state index in [4.69, 9.17) is 9.47 Å². The van der Waals surface area contributed by atoms with E-state index < -0.39 is 0 Å². The second-order valence-electron chi connectivity index (χ2n) is 3.73. The van der Waals surface area contributed by atoms with Crippen molar-refractivity contribution in [3.8, 4) is 5.88 Å². The summed E-state index contributed by atoms with van der Waals surface area (Å²) in [7, 11) is 5.23. The van der Waals surface area contributed by atoms with Gasteiger partial charge in [-0.2, -0.15) is 5.10 Å². The fourth-order valence-electron chi connectivity index (χ4n) is 1.62. The third-order valence-corrected chi connectivity index (χ3v) is 2.44. The molecule has 0 radical (unpaired) electrons. The maximum absolute atomic E-state index is 5.30. The van der Waals surface area contributed by atoms with Gasteiger partial charge in [-0.05, 0) is 6.92 Å². The molecule has 0 saturated carbocycles. The number of ether oxygens (including phenoxy) is 2. The second kappa shape index (κ2) is 7.09. The van der Waals surface area contributed by atoms with Crippen molar-refractivity contribution in [1.82, 2.24) is 15.1 Å². The highest BCUT2D eigenvalue weighted by molar-refractivity contribution is 5.57. The highest BCUT2D eigenvalue weighted by Gasteiger charge is 2.09. The molecule has 0 aliphatic carbocycles. The summed E-state index contributed by atoms with van der Waals surface area (Å²) in [5.41, 5.74) is 2.00. The highest BCUT2D eigenvalue weighted by atomic mass is 16.5. The van der Waals surface area contributed by atoms with Crippen LogP contribution in [0.1, 0.15) is 11.3 Å². The summed E-state index contributed by atoms with van der Waals surface area (Å²) < 4.78 is 12.0. The van der Waals surface area contributed by atoms with E-state index in [1.165, 1.54) is 0 Å². The molecule has 0 saturated heterocycles. The van der Waals surface area contributed by atoms with Crippen LogP contribution in [0.15, 0.2) is 6.08 Å². The van der Waals surface area contributed by atoms with Crippen molar-refractivity contribution < 1.29 is 9.47 Å². The first kappa shape index (κ1) is 13.7. The number of aromatic nitrogens is 2. The molecule has 5 heteroatoms. The standard InChI is InChI=1S/C12H21N3O2/c1-10-11(12(17-4)15(2)14-10)6-5-7-13-8-9-16-3/h5-6,13H,7-9H2,1-4H3/b6-5+. The Bertz CT molecular complexity index is 372. The van der Waals surface area contributed by atoms with Gasteiger partial charge in [0.1, 0.15) is 0 Å². The van der Waals surface area contributed by atoms with E-state index >= 15 is 0 Å². The number of aryl methyl sites for hydroxylation is 2. The molecular formula is C12H21N3O2. The summed E-state index contributed by atoms with van der Waals surface area (Å²) in [5, 5.41) is 7.55. The molecule has 0 amide bonds. The average molecular weight is 239 g/mol. The normalized spacial score (nSPS) is 11.3. The van der Waals surface area contributed by atoms with Crippen molar-refractivity contribution in [2.75, 3.05) is 33.9 Å². The fraction of sp³-hybridized carbons (Fsp3) is 0.583. The van der Waals surface area contributed by atoms with Crippen LogP contribution in [0.4, 0.5) is 0 Å². The Hall–Kier alpha value is -1.33. The molecule has 0 aliphatic rings. The third kappa shape index (κ3) is 3.87. The van der Waals surface area contributed by atoms with Crippen molar-refractivity contribution in [1.29, 1.82) is 0 Å². The number of methoxy groups -OCH3 is 2. The van der Waals surface area contributed by atoms with Crippen LogP contribution in [0.2, 0.25) is 0 Å². The lowest BCUT2D eigenvalue weighted by Crippen LogP contribution is -2.18. The molecule has 0 bridgehead atoms. The summed E-state index contributed by atoms with van der Waals surface area (Å²) in [6.07, 6.45) is 4.09. The van der Waals surface area contributed by atoms with Crippen LogP contribution < -0.4 is 10.1 Å². The predicted octanol–water partition coefficient (Wildman–Crippen LogP) is 0.986. The number of nitrogens with zero attached hydrogens (tertiary/aromatic N) is 2. The summed E-state index contributed by atoms with van der Waals surface area (Å²) >= 11 is 0. The molecule has 96 valence electrons. The largest absolute Gasteiger partial charge is 0.481 e. The van der Waals surface area contributed by atoms with Gasteiger partial charge in [0.2, 0.25) is 5.88 Å². The molecule has 17 heavy (non-hydrogen) atoms. The van der Waals surface area contributed by atoms with Crippen molar-refractivity contribution in [3.05, 3.63) is 17.3 Å². The van der Waals surface area contributed by atoms with Crippen LogP contribution in [0.5, 0.6) is 5.88 Å². The van der Waals surface area contributed by atoms with E-state index in [1.807, 2.05) is 20.0 Å². The number of rotatable bonds is 7. The van der Waals surface area contributed by atoms with Crippen LogP contribution in [0, 0.1) is 6.92 Å². The molecule has 1 rings (SSSR count). The van der Waals surface area contributed by atoms with E-state index in [1.54, 1.807) is 18.9 Å². The van der Waals surface area contributed by atoms with Crippen molar-refractivity contribution in [2.45, 2.75) is 6.92 Å². The average Bonchev–Trinajstić information content (AvgIpc) is 2.58. The van der Waals surface area contributed by atoms with Gasteiger partial charge in [-0.15, -0.1) is 0 Å². The van der Waals surface area contributed by atoms with Gasteiger partial charge < -0.3 is 14.8 Å². The van der Waals surface area contributed by atoms with Crippen molar-refractivity contribution in [3.63, 3.8) is 0 Å². The van der Waals surface area contributed by atoms with Gasteiger partial charge >= 0.3 is 0 Å². The first-order valence-electron chi connectivity index (χ1n) is 5.64. The van der Waals surface area contributed by atoms with E-state index in [0.29, 0.717) is 0 Å². The Balaban J connectivity index is 2.53. The molecule has 1 aromatic heterocycles. The monoisotopic (exact) mass is 239 g/mol. The first-order chi connectivity index (χ1) is 8.20.